The van der Waals surface area contributed by atoms with Crippen LogP contribution in [0.4, 0.5) is 4.39 Å². The third-order valence-corrected chi connectivity index (χ3v) is 4.82. The van der Waals surface area contributed by atoms with Crippen molar-refractivity contribution in [3.8, 4) is 10.6 Å². The van der Waals surface area contributed by atoms with Gasteiger partial charge in [0.2, 0.25) is 0 Å². The van der Waals surface area contributed by atoms with Gasteiger partial charge in [-0.15, -0.1) is 11.3 Å². The van der Waals surface area contributed by atoms with E-state index in [1.807, 2.05) is 19.2 Å². The summed E-state index contributed by atoms with van der Waals surface area (Å²) in [5.74, 6) is -0.246. The fourth-order valence-electron chi connectivity index (χ4n) is 1.64. The van der Waals surface area contributed by atoms with Crippen LogP contribution in [0.1, 0.15) is 33.4 Å². The highest BCUT2D eigenvalue weighted by Gasteiger charge is 2.34. The zero-order valence-electron chi connectivity index (χ0n) is 12.8. The zero-order chi connectivity index (χ0) is 15.7. The van der Waals surface area contributed by atoms with Gasteiger partial charge in [-0.3, -0.25) is 0 Å². The molecule has 1 aromatic carbocycles. The molecule has 0 aliphatic rings. The van der Waals surface area contributed by atoms with Gasteiger partial charge in [0.25, 0.3) is 0 Å². The van der Waals surface area contributed by atoms with Crippen molar-refractivity contribution in [3.05, 3.63) is 41.2 Å². The van der Waals surface area contributed by atoms with Gasteiger partial charge in [-0.05, 0) is 52.0 Å². The molecule has 3 nitrogen and oxygen atoms in total. The summed E-state index contributed by atoms with van der Waals surface area (Å²) in [6.07, 6.45) is 0. The summed E-state index contributed by atoms with van der Waals surface area (Å²) in [6.45, 7) is 8.06. The van der Waals surface area contributed by atoms with E-state index in [0.29, 0.717) is 6.54 Å². The molecule has 114 valence electrons. The number of thiazole rings is 1. The number of benzene rings is 1. The number of rotatable bonds is 5. The molecule has 0 aliphatic heterocycles. The Hall–Kier alpha value is -1.30. The van der Waals surface area contributed by atoms with E-state index in [1.54, 1.807) is 26.0 Å². The standard InChI is InChI=1S/C16H21FN2OS/c1-15(2,16(3,4)20)18-9-13-10-21-14(19-13)11-5-7-12(17)8-6-11/h5-8,10,18,20H,9H2,1-4H3. The van der Waals surface area contributed by atoms with Gasteiger partial charge in [0.05, 0.1) is 11.3 Å². The lowest BCUT2D eigenvalue weighted by Gasteiger charge is -2.38. The van der Waals surface area contributed by atoms with Crippen molar-refractivity contribution in [1.82, 2.24) is 10.3 Å². The Bertz CT molecular complexity index is 599. The zero-order valence-corrected chi connectivity index (χ0v) is 13.6. The summed E-state index contributed by atoms with van der Waals surface area (Å²) in [5, 5.41) is 16.3. The van der Waals surface area contributed by atoms with Crippen LogP contribution >= 0.6 is 11.3 Å². The highest BCUT2D eigenvalue weighted by atomic mass is 32.1. The molecule has 21 heavy (non-hydrogen) atoms. The first kappa shape index (κ1) is 16.1. The molecule has 5 heteroatoms. The second kappa shape index (κ2) is 5.83. The van der Waals surface area contributed by atoms with Crippen LogP contribution in [0.25, 0.3) is 10.6 Å². The van der Waals surface area contributed by atoms with Crippen molar-refractivity contribution < 1.29 is 9.50 Å². The van der Waals surface area contributed by atoms with E-state index in [1.165, 1.54) is 23.5 Å². The first-order valence-electron chi connectivity index (χ1n) is 6.87. The maximum Gasteiger partial charge on any atom is 0.123 e. The van der Waals surface area contributed by atoms with Gasteiger partial charge in [-0.25, -0.2) is 9.37 Å². The number of aromatic nitrogens is 1. The summed E-state index contributed by atoms with van der Waals surface area (Å²) in [6, 6.07) is 6.33. The molecule has 0 saturated carbocycles. The summed E-state index contributed by atoms with van der Waals surface area (Å²) >= 11 is 1.53. The van der Waals surface area contributed by atoms with Crippen molar-refractivity contribution in [2.75, 3.05) is 0 Å². The van der Waals surface area contributed by atoms with Gasteiger partial charge in [0.1, 0.15) is 10.8 Å². The lowest BCUT2D eigenvalue weighted by molar-refractivity contribution is -0.00543. The van der Waals surface area contributed by atoms with Gasteiger partial charge >= 0.3 is 0 Å². The average Bonchev–Trinajstić information content (AvgIpc) is 2.85. The molecule has 1 aromatic heterocycles. The molecule has 1 heterocycles. The Morgan fingerprint density at radius 1 is 1.19 bits per heavy atom. The monoisotopic (exact) mass is 308 g/mol. The maximum absolute atomic E-state index is 12.9. The van der Waals surface area contributed by atoms with E-state index < -0.39 is 11.1 Å². The minimum absolute atomic E-state index is 0.246. The molecule has 0 fully saturated rings. The third kappa shape index (κ3) is 3.87. The van der Waals surface area contributed by atoms with E-state index >= 15 is 0 Å². The molecule has 0 amide bonds. The van der Waals surface area contributed by atoms with Gasteiger partial charge < -0.3 is 10.4 Å². The number of hydrogen-bond acceptors (Lipinski definition) is 4. The van der Waals surface area contributed by atoms with Crippen molar-refractivity contribution in [3.63, 3.8) is 0 Å². The number of nitrogens with zero attached hydrogens (tertiary/aromatic N) is 1. The van der Waals surface area contributed by atoms with Crippen molar-refractivity contribution in [1.29, 1.82) is 0 Å². The lowest BCUT2D eigenvalue weighted by Crippen LogP contribution is -2.55. The van der Waals surface area contributed by atoms with Crippen LogP contribution in [0.2, 0.25) is 0 Å². The SMILES string of the molecule is CC(C)(O)C(C)(C)NCc1csc(-c2ccc(F)cc2)n1. The number of hydrogen-bond donors (Lipinski definition) is 2. The quantitative estimate of drug-likeness (QED) is 0.887. The molecular weight excluding hydrogens is 287 g/mol. The van der Waals surface area contributed by atoms with E-state index in [-0.39, 0.29) is 5.82 Å². The van der Waals surface area contributed by atoms with Crippen LogP contribution in [-0.4, -0.2) is 21.2 Å². The van der Waals surface area contributed by atoms with Gasteiger partial charge in [-0.1, -0.05) is 0 Å². The molecule has 0 radical (unpaired) electrons. The van der Waals surface area contributed by atoms with Gasteiger partial charge in [0.15, 0.2) is 0 Å². The second-order valence-electron chi connectivity index (χ2n) is 6.19. The topological polar surface area (TPSA) is 45.1 Å². The smallest absolute Gasteiger partial charge is 0.123 e. The number of halogens is 1. The molecule has 0 atom stereocenters. The van der Waals surface area contributed by atoms with Crippen LogP contribution < -0.4 is 5.32 Å². The normalized spacial score (nSPS) is 12.7. The summed E-state index contributed by atoms with van der Waals surface area (Å²) in [4.78, 5) is 4.55. The number of nitrogens with one attached hydrogen (secondary N) is 1. The summed E-state index contributed by atoms with van der Waals surface area (Å²) in [7, 11) is 0. The minimum Gasteiger partial charge on any atom is -0.389 e. The minimum atomic E-state index is -0.831. The molecule has 0 aliphatic carbocycles. The Morgan fingerprint density at radius 3 is 2.38 bits per heavy atom. The fourth-order valence-corrected chi connectivity index (χ4v) is 2.47. The molecular formula is C16H21FN2OS. The van der Waals surface area contributed by atoms with Crippen molar-refractivity contribution >= 4 is 11.3 Å². The molecule has 2 aromatic rings. The molecule has 0 bridgehead atoms. The van der Waals surface area contributed by atoms with E-state index in [2.05, 4.69) is 10.3 Å². The molecule has 0 saturated heterocycles. The van der Waals surface area contributed by atoms with Gasteiger partial charge in [0, 0.05) is 23.0 Å². The van der Waals surface area contributed by atoms with Crippen molar-refractivity contribution in [2.45, 2.75) is 45.4 Å². The molecule has 0 spiro atoms. The highest BCUT2D eigenvalue weighted by Crippen LogP contribution is 2.25. The summed E-state index contributed by atoms with van der Waals surface area (Å²) in [5.41, 5.74) is 0.571. The van der Waals surface area contributed by atoms with Crippen LogP contribution in [0.15, 0.2) is 29.6 Å². The van der Waals surface area contributed by atoms with Crippen LogP contribution in [0.3, 0.4) is 0 Å². The predicted molar refractivity (Wildman–Crippen MR) is 84.7 cm³/mol. The highest BCUT2D eigenvalue weighted by molar-refractivity contribution is 7.13. The maximum atomic E-state index is 12.9. The first-order valence-corrected chi connectivity index (χ1v) is 7.75. The Labute approximate surface area is 128 Å². The Kier molecular flexibility index (Phi) is 4.46. The average molecular weight is 308 g/mol. The molecule has 0 unspecified atom stereocenters. The Balaban J connectivity index is 2.06. The molecule has 2 N–H and O–H groups in total. The van der Waals surface area contributed by atoms with Crippen LogP contribution in [0, 0.1) is 5.82 Å². The summed E-state index contributed by atoms with van der Waals surface area (Å²) < 4.78 is 12.9. The first-order chi connectivity index (χ1) is 9.69. The van der Waals surface area contributed by atoms with E-state index in [9.17, 15) is 9.50 Å². The molecule has 2 rings (SSSR count). The fraction of sp³-hybridized carbons (Fsp3) is 0.438. The second-order valence-corrected chi connectivity index (χ2v) is 7.05. The van der Waals surface area contributed by atoms with Crippen LogP contribution in [-0.2, 0) is 6.54 Å². The van der Waals surface area contributed by atoms with E-state index in [4.69, 9.17) is 0 Å². The van der Waals surface area contributed by atoms with E-state index in [0.717, 1.165) is 16.3 Å². The van der Waals surface area contributed by atoms with Crippen molar-refractivity contribution in [2.24, 2.45) is 0 Å². The predicted octanol–water partition coefficient (Wildman–Crippen LogP) is 3.59. The largest absolute Gasteiger partial charge is 0.389 e. The lowest BCUT2D eigenvalue weighted by atomic mass is 9.86. The van der Waals surface area contributed by atoms with Gasteiger partial charge in [-0.2, -0.15) is 0 Å². The third-order valence-electron chi connectivity index (χ3n) is 3.88. The number of aliphatic hydroxyl groups is 1. The van der Waals surface area contributed by atoms with Crippen LogP contribution in [0.5, 0.6) is 0 Å². The Morgan fingerprint density at radius 2 is 1.81 bits per heavy atom.